The van der Waals surface area contributed by atoms with Crippen LogP contribution in [0.25, 0.3) is 0 Å². The first-order valence-corrected chi connectivity index (χ1v) is 22.3. The van der Waals surface area contributed by atoms with E-state index in [-0.39, 0.29) is 6.42 Å². The third-order valence-corrected chi connectivity index (χ3v) is 13.3. The number of rotatable bonds is 28. The van der Waals surface area contributed by atoms with E-state index in [0.29, 0.717) is 6.42 Å². The largest absolute Gasteiger partial charge is 0.481 e. The smallest absolute Gasteiger partial charge is 0.319 e. The molecule has 11 heteroatoms. The lowest BCUT2D eigenvalue weighted by Gasteiger charge is -2.19. The molecule has 0 bridgehead atoms. The molecule has 274 valence electrons. The average Bonchev–Trinajstić information content (AvgIpc) is 3.01. The lowest BCUT2D eigenvalue weighted by molar-refractivity contribution is -0.139. The number of carboxylic acid groups (broad SMARTS) is 2. The summed E-state index contributed by atoms with van der Waals surface area (Å²) in [7, 11) is 0. The maximum atomic E-state index is 11.0. The van der Waals surface area contributed by atoms with E-state index in [2.05, 4.69) is 19.9 Å². The Hall–Kier alpha value is 0.01000. The van der Waals surface area contributed by atoms with Crippen LogP contribution in [0.2, 0.25) is 0 Å². The number of carbonyl (C=O) groups is 2. The molecule has 0 aliphatic heterocycles. The van der Waals surface area contributed by atoms with E-state index in [4.69, 9.17) is 34.6 Å². The van der Waals surface area contributed by atoms with Crippen molar-refractivity contribution in [3.63, 3.8) is 0 Å². The number of hydrogen-bond donors (Lipinski definition) is 2. The van der Waals surface area contributed by atoms with Crippen molar-refractivity contribution in [1.29, 1.82) is 5.26 Å². The van der Waals surface area contributed by atoms with Gasteiger partial charge >= 0.3 is 11.9 Å². The second-order valence-corrected chi connectivity index (χ2v) is 20.5. The highest BCUT2D eigenvalue weighted by molar-refractivity contribution is 8.48. The summed E-state index contributed by atoms with van der Waals surface area (Å²) in [4.78, 5) is 21.7. The lowest BCUT2D eigenvalue weighted by atomic mass is 10.1. The third-order valence-electron chi connectivity index (χ3n) is 7.65. The second-order valence-electron chi connectivity index (χ2n) is 12.8. The number of thioether (sulfide) groups is 4. The second kappa shape index (κ2) is 33.2. The zero-order valence-corrected chi connectivity index (χ0v) is 35.0. The number of carboxylic acids is 2. The molecule has 47 heavy (non-hydrogen) atoms. The van der Waals surface area contributed by atoms with E-state index in [1.807, 2.05) is 0 Å². The Morgan fingerprint density at radius 1 is 0.617 bits per heavy atom. The average molecular weight is 768 g/mol. The molecule has 2 N–H and O–H groups in total. The normalized spacial score (nSPS) is 12.4. The summed E-state index contributed by atoms with van der Waals surface area (Å²) < 4.78 is -0.0454. The van der Waals surface area contributed by atoms with Gasteiger partial charge in [0.25, 0.3) is 0 Å². The van der Waals surface area contributed by atoms with Crippen LogP contribution >= 0.6 is 71.5 Å². The number of nitriles is 1. The molecule has 0 aromatic heterocycles. The van der Waals surface area contributed by atoms with E-state index >= 15 is 0 Å². The van der Waals surface area contributed by atoms with E-state index in [9.17, 15) is 14.9 Å². The van der Waals surface area contributed by atoms with Crippen LogP contribution in [0.15, 0.2) is 0 Å². The van der Waals surface area contributed by atoms with Gasteiger partial charge in [0.15, 0.2) is 0 Å². The van der Waals surface area contributed by atoms with Crippen molar-refractivity contribution in [3.05, 3.63) is 0 Å². The van der Waals surface area contributed by atoms with Crippen molar-refractivity contribution in [2.45, 2.75) is 185 Å². The maximum absolute atomic E-state index is 11.0. The molecule has 0 radical (unpaired) electrons. The SMILES string of the molecule is CCCCCCCCCCCCSC(=S)SC(C)(C#N)CCC(=O)O.CCCCCCCCCCCCSC(=S)SC(C)(C)C(=O)O. The van der Waals surface area contributed by atoms with Gasteiger partial charge in [-0.2, -0.15) is 5.26 Å². The Morgan fingerprint density at radius 3 is 1.28 bits per heavy atom. The van der Waals surface area contributed by atoms with Gasteiger partial charge in [0.05, 0.1) is 6.07 Å². The molecule has 0 fully saturated rings. The number of hydrogen-bond acceptors (Lipinski definition) is 9. The number of nitrogens with zero attached hydrogens (tertiary/aromatic N) is 1. The van der Waals surface area contributed by atoms with Crippen molar-refractivity contribution in [2.75, 3.05) is 11.5 Å². The zero-order valence-electron chi connectivity index (χ0n) is 30.1. The maximum Gasteiger partial charge on any atom is 0.319 e. The predicted molar refractivity (Wildman–Crippen MR) is 222 cm³/mol. The van der Waals surface area contributed by atoms with Gasteiger partial charge in [-0.15, -0.1) is 23.5 Å². The number of aliphatic carboxylic acids is 2. The Kier molecular flexibility index (Phi) is 34.7. The van der Waals surface area contributed by atoms with E-state index in [1.165, 1.54) is 146 Å². The van der Waals surface area contributed by atoms with Crippen molar-refractivity contribution >= 4 is 90.5 Å². The minimum absolute atomic E-state index is 0.00276. The van der Waals surface area contributed by atoms with Crippen molar-refractivity contribution < 1.29 is 19.8 Å². The Morgan fingerprint density at radius 2 is 0.957 bits per heavy atom. The molecule has 0 aliphatic rings. The van der Waals surface area contributed by atoms with Crippen LogP contribution in [-0.2, 0) is 9.59 Å². The predicted octanol–water partition coefficient (Wildman–Crippen LogP) is 13.3. The number of unbranched alkanes of at least 4 members (excludes halogenated alkanes) is 18. The fourth-order valence-electron chi connectivity index (χ4n) is 4.46. The molecular formula is C36H65NO4S6. The van der Waals surface area contributed by atoms with Crippen LogP contribution in [0.3, 0.4) is 0 Å². The molecule has 0 heterocycles. The molecule has 0 saturated carbocycles. The van der Waals surface area contributed by atoms with Gasteiger partial charge in [-0.1, -0.05) is 177 Å². The summed E-state index contributed by atoms with van der Waals surface area (Å²) in [6, 6.07) is 2.21. The van der Waals surface area contributed by atoms with Gasteiger partial charge in [-0.05, 0) is 51.5 Å². The molecule has 0 rings (SSSR count). The molecule has 0 aliphatic carbocycles. The summed E-state index contributed by atoms with van der Waals surface area (Å²) in [6.45, 7) is 9.68. The molecule has 0 saturated heterocycles. The standard InChI is InChI=1S/C19H33NO2S3.C17H32O2S3/c1-3-4-5-6-7-8-9-10-11-12-15-24-18(23)25-19(2,16-20)14-13-17(21)22;1-4-5-6-7-8-9-10-11-12-13-14-21-16(20)22-17(2,3)15(18)19/h3-15H2,1-2H3,(H,21,22);4-14H2,1-3H3,(H,18,19). The fraction of sp³-hybridized carbons (Fsp3) is 0.861. The van der Waals surface area contributed by atoms with Crippen molar-refractivity contribution in [2.24, 2.45) is 0 Å². The quantitative estimate of drug-likeness (QED) is 0.0588. The molecule has 0 spiro atoms. The molecule has 1 atom stereocenters. The zero-order chi connectivity index (χ0) is 35.8. The van der Waals surface area contributed by atoms with Crippen molar-refractivity contribution in [3.8, 4) is 6.07 Å². The summed E-state index contributed by atoms with van der Waals surface area (Å²) in [5, 5.41) is 27.1. The van der Waals surface area contributed by atoms with Gasteiger partial charge < -0.3 is 10.2 Å². The topological polar surface area (TPSA) is 98.4 Å². The Bertz CT molecular complexity index is 880. The fourth-order valence-corrected chi connectivity index (χ4v) is 10.4. The van der Waals surface area contributed by atoms with E-state index in [1.54, 1.807) is 44.3 Å². The van der Waals surface area contributed by atoms with Gasteiger partial charge in [-0.25, -0.2) is 0 Å². The van der Waals surface area contributed by atoms with E-state index in [0.717, 1.165) is 25.0 Å². The van der Waals surface area contributed by atoms with Crippen molar-refractivity contribution in [1.82, 2.24) is 0 Å². The molecule has 1 unspecified atom stereocenters. The lowest BCUT2D eigenvalue weighted by Crippen LogP contribution is -2.28. The van der Waals surface area contributed by atoms with Crippen LogP contribution in [-0.4, -0.2) is 50.2 Å². The minimum Gasteiger partial charge on any atom is -0.481 e. The highest BCUT2D eigenvalue weighted by Crippen LogP contribution is 2.35. The third kappa shape index (κ3) is 34.2. The summed E-state index contributed by atoms with van der Waals surface area (Å²) in [5.74, 6) is 0.325. The van der Waals surface area contributed by atoms with Gasteiger partial charge in [0.2, 0.25) is 0 Å². The Balaban J connectivity index is 0. The molecular weight excluding hydrogens is 703 g/mol. The summed E-state index contributed by atoms with van der Waals surface area (Å²) in [5.41, 5.74) is 0. The highest BCUT2D eigenvalue weighted by Gasteiger charge is 2.29. The van der Waals surface area contributed by atoms with E-state index < -0.39 is 21.4 Å². The number of thiocarbonyl (C=S) groups is 2. The summed E-state index contributed by atoms with van der Waals surface area (Å²) in [6.07, 6.45) is 26.9. The van der Waals surface area contributed by atoms with Crippen LogP contribution in [0.1, 0.15) is 176 Å². The first-order valence-electron chi connectivity index (χ1n) is 17.9. The monoisotopic (exact) mass is 767 g/mol. The highest BCUT2D eigenvalue weighted by atomic mass is 32.2. The van der Waals surface area contributed by atoms with Crippen LogP contribution in [0.5, 0.6) is 0 Å². The van der Waals surface area contributed by atoms with Gasteiger partial charge in [0.1, 0.15) is 16.6 Å². The first-order chi connectivity index (χ1) is 22.3. The van der Waals surface area contributed by atoms with Crippen LogP contribution < -0.4 is 0 Å². The minimum atomic E-state index is -0.869. The first kappa shape index (κ1) is 49.1. The van der Waals surface area contributed by atoms with Gasteiger partial charge in [0, 0.05) is 6.42 Å². The van der Waals surface area contributed by atoms with Crippen LogP contribution in [0.4, 0.5) is 0 Å². The summed E-state index contributed by atoms with van der Waals surface area (Å²) >= 11 is 16.5. The molecule has 5 nitrogen and oxygen atoms in total. The molecule has 0 amide bonds. The van der Waals surface area contributed by atoms with Crippen LogP contribution in [0, 0.1) is 11.3 Å². The molecule has 0 aromatic rings. The molecule has 0 aromatic carbocycles. The Labute approximate surface area is 316 Å². The van der Waals surface area contributed by atoms with Gasteiger partial charge in [-0.3, -0.25) is 9.59 Å².